The van der Waals surface area contributed by atoms with Crippen LogP contribution in [0.3, 0.4) is 0 Å². The molecule has 1 heterocycles. The largest absolute Gasteiger partial charge is 0.496 e. The molecule has 0 atom stereocenters. The zero-order chi connectivity index (χ0) is 18.7. The second-order valence-electron chi connectivity index (χ2n) is 5.51. The summed E-state index contributed by atoms with van der Waals surface area (Å²) in [5, 5.41) is 0.400. The van der Waals surface area contributed by atoms with Crippen molar-refractivity contribution < 1.29 is 14.2 Å². The summed E-state index contributed by atoms with van der Waals surface area (Å²) in [4.78, 5) is 17.5. The van der Waals surface area contributed by atoms with Gasteiger partial charge < -0.3 is 14.2 Å². The molecule has 0 amide bonds. The average molecular weight is 356 g/mol. The summed E-state index contributed by atoms with van der Waals surface area (Å²) in [7, 11) is 4.62. The molecule has 1 aromatic heterocycles. The van der Waals surface area contributed by atoms with Crippen LogP contribution in [0.15, 0.2) is 41.2 Å². The number of nitrogen functional groups attached to an aromatic ring is 1. The van der Waals surface area contributed by atoms with E-state index in [0.717, 1.165) is 5.56 Å². The molecule has 136 valence electrons. The highest BCUT2D eigenvalue weighted by Gasteiger charge is 2.16. The maximum Gasteiger partial charge on any atom is 0.263 e. The number of benzene rings is 2. The standard InChI is InChI=1S/C18H20N4O4/c1-24-14-7-5-4-6-11(14)10-22-17(23)12-8-15(25-2)16(26-3)9-13(12)20-18(22)21-19/h4-9H,10,19H2,1-3H3,(H,20,21). The van der Waals surface area contributed by atoms with Gasteiger partial charge >= 0.3 is 0 Å². The van der Waals surface area contributed by atoms with Crippen molar-refractivity contribution in [2.45, 2.75) is 6.54 Å². The van der Waals surface area contributed by atoms with Gasteiger partial charge in [0.25, 0.3) is 5.56 Å². The number of nitrogens with one attached hydrogen (secondary N) is 1. The maximum atomic E-state index is 13.1. The number of para-hydroxylation sites is 1. The van der Waals surface area contributed by atoms with E-state index in [4.69, 9.17) is 20.1 Å². The Kier molecular flexibility index (Phi) is 4.94. The Morgan fingerprint density at radius 1 is 1.04 bits per heavy atom. The lowest BCUT2D eigenvalue weighted by atomic mass is 10.2. The first-order chi connectivity index (χ1) is 12.6. The van der Waals surface area contributed by atoms with Gasteiger partial charge in [-0.2, -0.15) is 0 Å². The van der Waals surface area contributed by atoms with Crippen LogP contribution in [-0.2, 0) is 6.54 Å². The normalized spacial score (nSPS) is 10.6. The summed E-state index contributed by atoms with van der Waals surface area (Å²) < 4.78 is 17.4. The van der Waals surface area contributed by atoms with Crippen molar-refractivity contribution in [2.75, 3.05) is 26.8 Å². The molecule has 0 aliphatic heterocycles. The van der Waals surface area contributed by atoms with Gasteiger partial charge in [0, 0.05) is 11.6 Å². The number of nitrogens with zero attached hydrogens (tertiary/aromatic N) is 2. The Bertz CT molecular complexity index is 1000. The number of anilines is 1. The molecule has 0 bridgehead atoms. The second kappa shape index (κ2) is 7.32. The third kappa shape index (κ3) is 3.02. The Morgan fingerprint density at radius 2 is 1.69 bits per heavy atom. The van der Waals surface area contributed by atoms with E-state index >= 15 is 0 Å². The Balaban J connectivity index is 2.21. The summed E-state index contributed by atoms with van der Waals surface area (Å²) in [6.07, 6.45) is 0. The lowest BCUT2D eigenvalue weighted by molar-refractivity contribution is 0.355. The molecule has 0 unspecified atom stereocenters. The highest BCUT2D eigenvalue weighted by molar-refractivity contribution is 5.83. The lowest BCUT2D eigenvalue weighted by Crippen LogP contribution is -2.27. The summed E-state index contributed by atoms with van der Waals surface area (Å²) in [5.41, 5.74) is 3.52. The van der Waals surface area contributed by atoms with E-state index in [1.165, 1.54) is 18.8 Å². The van der Waals surface area contributed by atoms with Crippen LogP contribution in [0, 0.1) is 0 Å². The van der Waals surface area contributed by atoms with Crippen LogP contribution >= 0.6 is 0 Å². The van der Waals surface area contributed by atoms with Crippen LogP contribution in [0.1, 0.15) is 5.56 Å². The van der Waals surface area contributed by atoms with Gasteiger partial charge in [-0.15, -0.1) is 0 Å². The summed E-state index contributed by atoms with van der Waals surface area (Å²) in [6.45, 7) is 0.250. The molecule has 0 aliphatic carbocycles. The van der Waals surface area contributed by atoms with E-state index in [1.54, 1.807) is 19.2 Å². The van der Waals surface area contributed by atoms with Gasteiger partial charge in [-0.25, -0.2) is 10.8 Å². The maximum absolute atomic E-state index is 13.1. The molecule has 0 radical (unpaired) electrons. The molecular formula is C18H20N4O4. The SMILES string of the molecule is COc1ccccc1Cn1c(NN)nc2cc(OC)c(OC)cc2c1=O. The topological polar surface area (TPSA) is 101 Å². The second-order valence-corrected chi connectivity index (χ2v) is 5.51. The summed E-state index contributed by atoms with van der Waals surface area (Å²) in [6, 6.07) is 10.7. The number of rotatable bonds is 6. The van der Waals surface area contributed by atoms with Crippen molar-refractivity contribution in [3.8, 4) is 17.2 Å². The Morgan fingerprint density at radius 3 is 2.35 bits per heavy atom. The predicted octanol–water partition coefficient (Wildman–Crippen LogP) is 1.76. The van der Waals surface area contributed by atoms with E-state index in [9.17, 15) is 4.79 Å². The van der Waals surface area contributed by atoms with Crippen molar-refractivity contribution >= 4 is 16.9 Å². The first kappa shape index (κ1) is 17.6. The fraction of sp³-hybridized carbons (Fsp3) is 0.222. The third-order valence-electron chi connectivity index (χ3n) is 4.11. The van der Waals surface area contributed by atoms with Crippen molar-refractivity contribution in [3.05, 3.63) is 52.3 Å². The van der Waals surface area contributed by atoms with Gasteiger partial charge in [0.15, 0.2) is 11.5 Å². The molecule has 3 aromatic rings. The first-order valence-electron chi connectivity index (χ1n) is 7.88. The summed E-state index contributed by atoms with van der Waals surface area (Å²) >= 11 is 0. The molecule has 0 saturated carbocycles. The van der Waals surface area contributed by atoms with Crippen LogP contribution in [0.25, 0.3) is 10.9 Å². The molecule has 8 heteroatoms. The van der Waals surface area contributed by atoms with E-state index in [-0.39, 0.29) is 18.1 Å². The molecule has 3 rings (SSSR count). The van der Waals surface area contributed by atoms with Gasteiger partial charge in [-0.1, -0.05) is 18.2 Å². The van der Waals surface area contributed by atoms with E-state index < -0.39 is 0 Å². The fourth-order valence-electron chi connectivity index (χ4n) is 2.81. The molecule has 2 aromatic carbocycles. The quantitative estimate of drug-likeness (QED) is 0.513. The molecule has 26 heavy (non-hydrogen) atoms. The van der Waals surface area contributed by atoms with Gasteiger partial charge in [0.2, 0.25) is 5.95 Å². The number of aromatic nitrogens is 2. The van der Waals surface area contributed by atoms with Crippen LogP contribution < -0.4 is 31.0 Å². The molecular weight excluding hydrogens is 336 g/mol. The number of hydrazine groups is 1. The predicted molar refractivity (Wildman–Crippen MR) is 99.0 cm³/mol. The van der Waals surface area contributed by atoms with E-state index in [0.29, 0.717) is 28.2 Å². The van der Waals surface area contributed by atoms with Gasteiger partial charge in [0.05, 0.1) is 38.8 Å². The van der Waals surface area contributed by atoms with E-state index in [2.05, 4.69) is 10.4 Å². The van der Waals surface area contributed by atoms with Gasteiger partial charge in [-0.05, 0) is 12.1 Å². The van der Waals surface area contributed by atoms with Gasteiger partial charge in [0.1, 0.15) is 5.75 Å². The van der Waals surface area contributed by atoms with Crippen molar-refractivity contribution in [1.82, 2.24) is 9.55 Å². The number of fused-ring (bicyclic) bond motifs is 1. The number of methoxy groups -OCH3 is 3. The van der Waals surface area contributed by atoms with E-state index in [1.807, 2.05) is 24.3 Å². The fourth-order valence-corrected chi connectivity index (χ4v) is 2.81. The minimum absolute atomic E-state index is 0.237. The smallest absolute Gasteiger partial charge is 0.263 e. The molecule has 0 saturated heterocycles. The monoisotopic (exact) mass is 356 g/mol. The minimum atomic E-state index is -0.255. The highest BCUT2D eigenvalue weighted by atomic mass is 16.5. The van der Waals surface area contributed by atoms with Crippen LogP contribution in [0.2, 0.25) is 0 Å². The number of ether oxygens (including phenoxy) is 3. The third-order valence-corrected chi connectivity index (χ3v) is 4.11. The number of hydrogen-bond donors (Lipinski definition) is 2. The van der Waals surface area contributed by atoms with Gasteiger partial charge in [-0.3, -0.25) is 14.8 Å². The first-order valence-corrected chi connectivity index (χ1v) is 7.88. The molecule has 0 fully saturated rings. The molecule has 0 spiro atoms. The Labute approximate surface area is 150 Å². The molecule has 3 N–H and O–H groups in total. The Hall–Kier alpha value is -3.26. The number of nitrogens with two attached hydrogens (primary N) is 1. The average Bonchev–Trinajstić information content (AvgIpc) is 2.69. The van der Waals surface area contributed by atoms with Crippen LogP contribution in [-0.4, -0.2) is 30.9 Å². The van der Waals surface area contributed by atoms with Crippen LogP contribution in [0.4, 0.5) is 5.95 Å². The minimum Gasteiger partial charge on any atom is -0.496 e. The zero-order valence-electron chi connectivity index (χ0n) is 14.8. The van der Waals surface area contributed by atoms with Crippen molar-refractivity contribution in [3.63, 3.8) is 0 Å². The molecule has 8 nitrogen and oxygen atoms in total. The molecule has 0 aliphatic rings. The van der Waals surface area contributed by atoms with Crippen molar-refractivity contribution in [2.24, 2.45) is 5.84 Å². The summed E-state index contributed by atoms with van der Waals surface area (Å²) in [5.74, 6) is 7.45. The highest BCUT2D eigenvalue weighted by Crippen LogP contribution is 2.30. The number of hydrogen-bond acceptors (Lipinski definition) is 7. The lowest BCUT2D eigenvalue weighted by Gasteiger charge is -2.15. The van der Waals surface area contributed by atoms with Crippen LogP contribution in [0.5, 0.6) is 17.2 Å². The zero-order valence-corrected chi connectivity index (χ0v) is 14.8. The van der Waals surface area contributed by atoms with Crippen molar-refractivity contribution in [1.29, 1.82) is 0 Å².